The Morgan fingerprint density at radius 3 is 2.52 bits per heavy atom. The van der Waals surface area contributed by atoms with Gasteiger partial charge in [0.15, 0.2) is 9.84 Å². The predicted octanol–water partition coefficient (Wildman–Crippen LogP) is 1.86. The summed E-state index contributed by atoms with van der Waals surface area (Å²) in [7, 11) is -1.98. The number of sulfone groups is 1. The molecule has 1 aromatic heterocycles. The van der Waals surface area contributed by atoms with Gasteiger partial charge in [0.2, 0.25) is 0 Å². The molecule has 2 aromatic rings. The van der Waals surface area contributed by atoms with Crippen LogP contribution in [0, 0.1) is 5.82 Å². The molecule has 0 bridgehead atoms. The Hall–Kier alpha value is -1.44. The summed E-state index contributed by atoms with van der Waals surface area (Å²) < 4.78 is 38.4. The number of rotatable bonds is 5. The van der Waals surface area contributed by atoms with Crippen LogP contribution in [-0.2, 0) is 22.6 Å². The third-order valence-electron chi connectivity index (χ3n) is 3.04. The molecular weight excluding hydrogens is 319 g/mol. The summed E-state index contributed by atoms with van der Waals surface area (Å²) in [5.74, 6) is -0.944. The summed E-state index contributed by atoms with van der Waals surface area (Å²) in [6.07, 6.45) is 0.148. The van der Waals surface area contributed by atoms with Gasteiger partial charge in [0.25, 0.3) is 0 Å². The van der Waals surface area contributed by atoms with Crippen molar-refractivity contribution in [2.75, 3.05) is 5.75 Å². The first-order valence-electron chi connectivity index (χ1n) is 6.08. The maximum absolute atomic E-state index is 12.8. The summed E-state index contributed by atoms with van der Waals surface area (Å²) in [5.41, 5.74) is 0.345. The number of hydrogen-bond donors (Lipinski definition) is 1. The molecule has 0 amide bonds. The summed E-state index contributed by atoms with van der Waals surface area (Å²) in [5, 5.41) is 10.3. The van der Waals surface area contributed by atoms with E-state index in [0.29, 0.717) is 16.5 Å². The Morgan fingerprint density at radius 1 is 1.38 bits per heavy atom. The molecule has 5 nitrogen and oxygen atoms in total. The minimum atomic E-state index is -3.59. The Morgan fingerprint density at radius 2 is 2.00 bits per heavy atom. The van der Waals surface area contributed by atoms with E-state index in [1.54, 1.807) is 7.05 Å². The third kappa shape index (κ3) is 4.03. The van der Waals surface area contributed by atoms with E-state index in [1.165, 1.54) is 35.0 Å². The SMILES string of the molecule is Cn1c(Cl)cnc1CS(=O)(=O)CC(O)c1ccc(F)cc1. The van der Waals surface area contributed by atoms with E-state index in [4.69, 9.17) is 11.6 Å². The molecule has 114 valence electrons. The van der Waals surface area contributed by atoms with E-state index in [2.05, 4.69) is 4.98 Å². The van der Waals surface area contributed by atoms with Crippen LogP contribution >= 0.6 is 11.6 Å². The average Bonchev–Trinajstić information content (AvgIpc) is 2.70. The minimum Gasteiger partial charge on any atom is -0.387 e. The van der Waals surface area contributed by atoms with Crippen molar-refractivity contribution >= 4 is 21.4 Å². The molecule has 1 atom stereocenters. The number of nitrogens with zero attached hydrogens (tertiary/aromatic N) is 2. The highest BCUT2D eigenvalue weighted by Gasteiger charge is 2.21. The fourth-order valence-electron chi connectivity index (χ4n) is 1.84. The van der Waals surface area contributed by atoms with Crippen molar-refractivity contribution in [1.82, 2.24) is 9.55 Å². The first-order valence-corrected chi connectivity index (χ1v) is 8.28. The lowest BCUT2D eigenvalue weighted by Gasteiger charge is -2.11. The fraction of sp³-hybridized carbons (Fsp3) is 0.308. The Kier molecular flexibility index (Phi) is 4.65. The monoisotopic (exact) mass is 332 g/mol. The van der Waals surface area contributed by atoms with Crippen LogP contribution in [0.3, 0.4) is 0 Å². The third-order valence-corrected chi connectivity index (χ3v) is 4.92. The highest BCUT2D eigenvalue weighted by Crippen LogP contribution is 2.18. The number of imidazole rings is 1. The molecule has 0 aliphatic rings. The lowest BCUT2D eigenvalue weighted by Crippen LogP contribution is -2.18. The van der Waals surface area contributed by atoms with Crippen molar-refractivity contribution in [2.45, 2.75) is 11.9 Å². The second-order valence-corrected chi connectivity index (χ2v) is 7.17. The minimum absolute atomic E-state index is 0.298. The van der Waals surface area contributed by atoms with Gasteiger partial charge in [-0.2, -0.15) is 0 Å². The lowest BCUT2D eigenvalue weighted by molar-refractivity contribution is 0.201. The van der Waals surface area contributed by atoms with Crippen LogP contribution in [-0.4, -0.2) is 28.8 Å². The quantitative estimate of drug-likeness (QED) is 0.907. The van der Waals surface area contributed by atoms with E-state index in [1.807, 2.05) is 0 Å². The molecule has 8 heteroatoms. The molecule has 1 unspecified atom stereocenters. The molecule has 1 aromatic carbocycles. The number of aliphatic hydroxyl groups is 1. The van der Waals surface area contributed by atoms with E-state index in [9.17, 15) is 17.9 Å². The number of aliphatic hydroxyl groups excluding tert-OH is 1. The van der Waals surface area contributed by atoms with E-state index >= 15 is 0 Å². The molecule has 0 saturated carbocycles. The van der Waals surface area contributed by atoms with Gasteiger partial charge in [-0.3, -0.25) is 0 Å². The van der Waals surface area contributed by atoms with E-state index in [0.717, 1.165) is 0 Å². The normalized spacial score (nSPS) is 13.3. The summed E-state index contributed by atoms with van der Waals surface area (Å²) in [4.78, 5) is 3.91. The zero-order valence-electron chi connectivity index (χ0n) is 11.2. The standard InChI is InChI=1S/C13H14ClFN2O3S/c1-17-12(14)6-16-13(17)8-21(19,20)7-11(18)9-2-4-10(15)5-3-9/h2-6,11,18H,7-8H2,1H3. The molecule has 1 N–H and O–H groups in total. The van der Waals surface area contributed by atoms with E-state index in [-0.39, 0.29) is 5.75 Å². The first-order chi connectivity index (χ1) is 9.78. The molecular formula is C13H14ClFN2O3S. The second-order valence-electron chi connectivity index (χ2n) is 4.68. The summed E-state index contributed by atoms with van der Waals surface area (Å²) >= 11 is 5.80. The van der Waals surface area contributed by atoms with Crippen LogP contribution in [0.25, 0.3) is 0 Å². The summed E-state index contributed by atoms with van der Waals surface area (Å²) in [6.45, 7) is 0. The number of aromatic nitrogens is 2. The molecule has 0 spiro atoms. The highest BCUT2D eigenvalue weighted by molar-refractivity contribution is 7.90. The van der Waals surface area contributed by atoms with Gasteiger partial charge in [-0.15, -0.1) is 0 Å². The van der Waals surface area contributed by atoms with E-state index < -0.39 is 27.5 Å². The van der Waals surface area contributed by atoms with Crippen LogP contribution in [0.1, 0.15) is 17.5 Å². The van der Waals surface area contributed by atoms with Crippen molar-refractivity contribution in [3.63, 3.8) is 0 Å². The maximum atomic E-state index is 12.8. The first kappa shape index (κ1) is 15.9. The largest absolute Gasteiger partial charge is 0.387 e. The van der Waals surface area contributed by atoms with Gasteiger partial charge >= 0.3 is 0 Å². The number of benzene rings is 1. The van der Waals surface area contributed by atoms with Gasteiger partial charge in [-0.25, -0.2) is 17.8 Å². The number of halogens is 2. The topological polar surface area (TPSA) is 72.2 Å². The average molecular weight is 333 g/mol. The molecule has 0 fully saturated rings. The van der Waals surface area contributed by atoms with Crippen molar-refractivity contribution in [1.29, 1.82) is 0 Å². The smallest absolute Gasteiger partial charge is 0.160 e. The van der Waals surface area contributed by atoms with Crippen LogP contribution in [0.5, 0.6) is 0 Å². The van der Waals surface area contributed by atoms with Crippen molar-refractivity contribution in [3.8, 4) is 0 Å². The van der Waals surface area contributed by atoms with Crippen LogP contribution < -0.4 is 0 Å². The fourth-order valence-corrected chi connectivity index (χ4v) is 3.43. The molecule has 0 aliphatic carbocycles. The van der Waals surface area contributed by atoms with Gasteiger partial charge in [-0.05, 0) is 17.7 Å². The molecule has 21 heavy (non-hydrogen) atoms. The zero-order chi connectivity index (χ0) is 15.6. The van der Waals surface area contributed by atoms with Gasteiger partial charge in [-0.1, -0.05) is 23.7 Å². The molecule has 2 rings (SSSR count). The van der Waals surface area contributed by atoms with Crippen molar-refractivity contribution < 1.29 is 17.9 Å². The number of hydrogen-bond acceptors (Lipinski definition) is 4. The molecule has 1 heterocycles. The van der Waals surface area contributed by atoms with Gasteiger partial charge in [0.1, 0.15) is 22.5 Å². The molecule has 0 saturated heterocycles. The van der Waals surface area contributed by atoms with Crippen LogP contribution in [0.15, 0.2) is 30.5 Å². The maximum Gasteiger partial charge on any atom is 0.160 e. The van der Waals surface area contributed by atoms with Gasteiger partial charge < -0.3 is 9.67 Å². The Bertz CT molecular complexity index is 728. The Labute approximate surface area is 126 Å². The molecule has 0 aliphatic heterocycles. The van der Waals surface area contributed by atoms with Crippen molar-refractivity contribution in [3.05, 3.63) is 52.8 Å². The van der Waals surface area contributed by atoms with Crippen molar-refractivity contribution in [2.24, 2.45) is 7.05 Å². The van der Waals surface area contributed by atoms with Gasteiger partial charge in [0.05, 0.1) is 18.1 Å². The lowest BCUT2D eigenvalue weighted by atomic mass is 10.1. The highest BCUT2D eigenvalue weighted by atomic mass is 35.5. The second kappa shape index (κ2) is 6.13. The predicted molar refractivity (Wildman–Crippen MR) is 77.1 cm³/mol. The van der Waals surface area contributed by atoms with Crippen LogP contribution in [0.4, 0.5) is 4.39 Å². The summed E-state index contributed by atoms with van der Waals surface area (Å²) in [6, 6.07) is 5.05. The van der Waals surface area contributed by atoms with Crippen LogP contribution in [0.2, 0.25) is 5.15 Å². The molecule has 0 radical (unpaired) electrons. The Balaban J connectivity index is 2.10. The zero-order valence-corrected chi connectivity index (χ0v) is 12.8. The van der Waals surface area contributed by atoms with Gasteiger partial charge in [0, 0.05) is 7.05 Å².